The molecule has 2 N–H and O–H groups in total. The van der Waals surface area contributed by atoms with Gasteiger partial charge in [0.05, 0.1) is 15.2 Å². The number of sulfone groups is 1. The first-order valence-corrected chi connectivity index (χ1v) is 14.1. The summed E-state index contributed by atoms with van der Waals surface area (Å²) in [6, 6.07) is 10.1. The maximum Gasteiger partial charge on any atom is 0.255 e. The van der Waals surface area contributed by atoms with Gasteiger partial charge in [0.1, 0.15) is 11.3 Å². The standard InChI is InChI=1S/C28H22ClF3N2O4S/c29-21-7-6-16(27(35)34-20-12-22(30)25(32)23(31)13-20)11-24(21)39(37,38)26-17-4-5-18(26)15-28(36,14-17)9-8-19-3-1-2-10-33-19/h1-3,6-7,10-13,17-18,26,36H,4-5,14-15H2,(H,34,35)/t17?,18?,26-,28+. The molecular formula is C28H22ClF3N2O4S. The van der Waals surface area contributed by atoms with E-state index in [-0.39, 0.29) is 45.8 Å². The fourth-order valence-corrected chi connectivity index (χ4v) is 8.44. The van der Waals surface area contributed by atoms with Crippen molar-refractivity contribution < 1.29 is 31.5 Å². The Morgan fingerprint density at radius 1 is 1.05 bits per heavy atom. The summed E-state index contributed by atoms with van der Waals surface area (Å²) in [6.45, 7) is 0. The number of carbonyl (C=O) groups excluding carboxylic acids is 1. The van der Waals surface area contributed by atoms with Crippen LogP contribution in [-0.2, 0) is 9.84 Å². The van der Waals surface area contributed by atoms with Gasteiger partial charge in [-0.05, 0) is 73.8 Å². The van der Waals surface area contributed by atoms with Crippen LogP contribution in [0.4, 0.5) is 18.9 Å². The first-order valence-electron chi connectivity index (χ1n) is 12.1. The predicted octanol–water partition coefficient (Wildman–Crippen LogP) is 5.15. The van der Waals surface area contributed by atoms with E-state index in [0.29, 0.717) is 30.7 Å². The number of anilines is 1. The van der Waals surface area contributed by atoms with Gasteiger partial charge in [-0.25, -0.2) is 26.6 Å². The van der Waals surface area contributed by atoms with Gasteiger partial charge in [-0.15, -0.1) is 0 Å². The molecule has 2 unspecified atom stereocenters. The summed E-state index contributed by atoms with van der Waals surface area (Å²) in [5, 5.41) is 12.5. The van der Waals surface area contributed by atoms with Crippen LogP contribution in [0.15, 0.2) is 59.6 Å². The molecule has 1 amide bonds. The molecule has 0 saturated heterocycles. The lowest BCUT2D eigenvalue weighted by Crippen LogP contribution is -2.45. The van der Waals surface area contributed by atoms with Gasteiger partial charge in [-0.2, -0.15) is 0 Å². The zero-order chi connectivity index (χ0) is 27.9. The number of hydrogen-bond acceptors (Lipinski definition) is 5. The van der Waals surface area contributed by atoms with Gasteiger partial charge in [-0.3, -0.25) is 4.79 Å². The van der Waals surface area contributed by atoms with Crippen molar-refractivity contribution >= 4 is 33.0 Å². The smallest absolute Gasteiger partial charge is 0.255 e. The van der Waals surface area contributed by atoms with E-state index in [9.17, 15) is 31.5 Å². The third kappa shape index (κ3) is 5.39. The quantitative estimate of drug-likeness (QED) is 0.332. The number of carbonyl (C=O) groups is 1. The SMILES string of the molecule is O=C(Nc1cc(F)c(F)c(F)c1)c1ccc(Cl)c(S(=O)(=O)[C@H]2C3CCC2C[C@@](O)(C#Cc2ccccn2)C3)c1. The Balaban J connectivity index is 1.39. The minimum absolute atomic E-state index is 0.0828. The highest BCUT2D eigenvalue weighted by molar-refractivity contribution is 7.92. The molecule has 1 heterocycles. The van der Waals surface area contributed by atoms with Crippen LogP contribution in [-0.4, -0.2) is 35.3 Å². The highest BCUT2D eigenvalue weighted by atomic mass is 35.5. The molecule has 11 heteroatoms. The summed E-state index contributed by atoms with van der Waals surface area (Å²) in [5.41, 5.74) is -1.32. The maximum absolute atomic E-state index is 13.8. The Labute approximate surface area is 228 Å². The summed E-state index contributed by atoms with van der Waals surface area (Å²) < 4.78 is 68.0. The molecule has 5 rings (SSSR count). The molecule has 1 aromatic heterocycles. The van der Waals surface area contributed by atoms with Crippen LogP contribution in [0.2, 0.25) is 5.02 Å². The van der Waals surface area contributed by atoms with E-state index < -0.39 is 44.0 Å². The minimum atomic E-state index is -4.05. The number of nitrogens with zero attached hydrogens (tertiary/aromatic N) is 1. The second-order valence-corrected chi connectivity index (χ2v) is 12.3. The Morgan fingerprint density at radius 2 is 1.72 bits per heavy atom. The third-order valence-corrected chi connectivity index (χ3v) is 10.1. The molecule has 39 heavy (non-hydrogen) atoms. The topological polar surface area (TPSA) is 96.4 Å². The van der Waals surface area contributed by atoms with E-state index in [1.807, 2.05) is 0 Å². The van der Waals surface area contributed by atoms with E-state index in [2.05, 4.69) is 22.1 Å². The lowest BCUT2D eigenvalue weighted by Gasteiger charge is -2.38. The van der Waals surface area contributed by atoms with Gasteiger partial charge >= 0.3 is 0 Å². The van der Waals surface area contributed by atoms with Gasteiger partial charge in [0.15, 0.2) is 27.3 Å². The molecular weight excluding hydrogens is 553 g/mol. The predicted molar refractivity (Wildman–Crippen MR) is 138 cm³/mol. The van der Waals surface area contributed by atoms with Crippen LogP contribution in [0, 0.1) is 41.1 Å². The van der Waals surface area contributed by atoms with Crippen molar-refractivity contribution in [3.05, 3.63) is 88.5 Å². The fraction of sp³-hybridized carbons (Fsp3) is 0.286. The van der Waals surface area contributed by atoms with Crippen LogP contribution in [0.25, 0.3) is 0 Å². The first-order chi connectivity index (χ1) is 18.5. The van der Waals surface area contributed by atoms with Crippen molar-refractivity contribution in [2.24, 2.45) is 11.8 Å². The second kappa shape index (κ2) is 10.3. The lowest BCUT2D eigenvalue weighted by atomic mass is 9.77. The summed E-state index contributed by atoms with van der Waals surface area (Å²) >= 11 is 6.28. The normalized spacial score (nSPS) is 24.1. The molecule has 2 aromatic carbocycles. The molecule has 202 valence electrons. The number of nitrogens with one attached hydrogen (secondary N) is 1. The number of hydrogen-bond donors (Lipinski definition) is 2. The molecule has 2 aliphatic carbocycles. The van der Waals surface area contributed by atoms with Crippen molar-refractivity contribution in [3.8, 4) is 11.8 Å². The summed E-state index contributed by atoms with van der Waals surface area (Å²) in [7, 11) is -4.05. The number of aliphatic hydroxyl groups is 1. The Hall–Kier alpha value is -3.39. The fourth-order valence-electron chi connectivity index (χ4n) is 5.59. The van der Waals surface area contributed by atoms with Crippen LogP contribution >= 0.6 is 11.6 Å². The molecule has 0 aliphatic heterocycles. The number of amides is 1. The number of fused-ring (bicyclic) bond motifs is 2. The molecule has 3 aromatic rings. The van der Waals surface area contributed by atoms with Gasteiger partial charge < -0.3 is 10.4 Å². The first kappa shape index (κ1) is 27.2. The Bertz CT molecular complexity index is 1590. The average Bonchev–Trinajstić information content (AvgIpc) is 3.20. The number of rotatable bonds is 4. The monoisotopic (exact) mass is 574 g/mol. The highest BCUT2D eigenvalue weighted by Crippen LogP contribution is 2.51. The van der Waals surface area contributed by atoms with Gasteiger partial charge in [0.2, 0.25) is 0 Å². The average molecular weight is 575 g/mol. The molecule has 6 nitrogen and oxygen atoms in total. The van der Waals surface area contributed by atoms with Gasteiger partial charge in [0, 0.05) is 29.6 Å². The second-order valence-electron chi connectivity index (χ2n) is 9.87. The largest absolute Gasteiger partial charge is 0.378 e. The molecule has 2 aliphatic rings. The van der Waals surface area contributed by atoms with Crippen LogP contribution in [0.3, 0.4) is 0 Å². The summed E-state index contributed by atoms with van der Waals surface area (Å²) in [4.78, 5) is 16.6. The van der Waals surface area contributed by atoms with Crippen molar-refractivity contribution in [2.45, 2.75) is 41.4 Å². The molecule has 0 radical (unpaired) electrons. The zero-order valence-corrected chi connectivity index (χ0v) is 21.9. The zero-order valence-electron chi connectivity index (χ0n) is 20.3. The van der Waals surface area contributed by atoms with Crippen LogP contribution in [0.1, 0.15) is 41.7 Å². The molecule has 2 fully saturated rings. The van der Waals surface area contributed by atoms with Gasteiger partial charge in [0.25, 0.3) is 5.91 Å². The van der Waals surface area contributed by atoms with Crippen LogP contribution in [0.5, 0.6) is 0 Å². The Kier molecular flexibility index (Phi) is 7.18. The van der Waals surface area contributed by atoms with Crippen molar-refractivity contribution in [1.29, 1.82) is 0 Å². The van der Waals surface area contributed by atoms with Gasteiger partial charge in [-0.1, -0.05) is 23.6 Å². The molecule has 0 spiro atoms. The number of halogens is 4. The van der Waals surface area contributed by atoms with E-state index in [4.69, 9.17) is 11.6 Å². The van der Waals surface area contributed by atoms with Crippen molar-refractivity contribution in [3.63, 3.8) is 0 Å². The molecule has 2 atom stereocenters. The Morgan fingerprint density at radius 3 is 2.33 bits per heavy atom. The van der Waals surface area contributed by atoms with Crippen molar-refractivity contribution in [1.82, 2.24) is 4.98 Å². The summed E-state index contributed by atoms with van der Waals surface area (Å²) in [6.07, 6.45) is 3.08. The van der Waals surface area contributed by atoms with E-state index in [1.54, 1.807) is 24.4 Å². The third-order valence-electron chi connectivity index (χ3n) is 7.23. The molecule has 2 saturated carbocycles. The summed E-state index contributed by atoms with van der Waals surface area (Å²) in [5.74, 6) is -0.501. The minimum Gasteiger partial charge on any atom is -0.378 e. The van der Waals surface area contributed by atoms with E-state index in [1.165, 1.54) is 12.1 Å². The lowest BCUT2D eigenvalue weighted by molar-refractivity contribution is 0.0340. The van der Waals surface area contributed by atoms with E-state index >= 15 is 0 Å². The highest BCUT2D eigenvalue weighted by Gasteiger charge is 2.54. The molecule has 2 bridgehead atoms. The maximum atomic E-state index is 13.8. The number of benzene rings is 2. The van der Waals surface area contributed by atoms with E-state index in [0.717, 1.165) is 6.07 Å². The number of aromatic nitrogens is 1. The van der Waals surface area contributed by atoms with Crippen LogP contribution < -0.4 is 5.32 Å². The number of pyridine rings is 1. The van der Waals surface area contributed by atoms with Crippen molar-refractivity contribution in [2.75, 3.05) is 5.32 Å².